The van der Waals surface area contributed by atoms with Gasteiger partial charge in [-0.25, -0.2) is 4.68 Å². The highest BCUT2D eigenvalue weighted by atomic mass is 19.4. The third-order valence-electron chi connectivity index (χ3n) is 6.29. The minimum atomic E-state index is -4.86. The molecule has 1 aliphatic heterocycles. The average Bonchev–Trinajstić information content (AvgIpc) is 3.23. The molecule has 2 aromatic heterocycles. The van der Waals surface area contributed by atoms with Crippen molar-refractivity contribution in [3.63, 3.8) is 0 Å². The fourth-order valence-corrected chi connectivity index (χ4v) is 4.72. The van der Waals surface area contributed by atoms with Crippen LogP contribution in [0.5, 0.6) is 5.75 Å². The zero-order valence-corrected chi connectivity index (χ0v) is 19.7. The van der Waals surface area contributed by atoms with E-state index in [1.165, 1.54) is 12.3 Å². The Kier molecular flexibility index (Phi) is 6.70. The third-order valence-corrected chi connectivity index (χ3v) is 6.29. The van der Waals surface area contributed by atoms with Crippen LogP contribution in [0.3, 0.4) is 0 Å². The molecule has 4 aromatic rings. The molecule has 0 radical (unpaired) electrons. The van der Waals surface area contributed by atoms with Crippen molar-refractivity contribution in [2.45, 2.75) is 18.8 Å². The molecule has 0 bridgehead atoms. The molecule has 0 spiro atoms. The summed E-state index contributed by atoms with van der Waals surface area (Å²) < 4.78 is 45.6. The lowest BCUT2D eigenvalue weighted by atomic mass is 10.1. The van der Waals surface area contributed by atoms with Gasteiger partial charge in [-0.2, -0.15) is 5.10 Å². The lowest BCUT2D eigenvalue weighted by molar-refractivity contribution is -0.274. The van der Waals surface area contributed by atoms with Gasteiger partial charge in [-0.05, 0) is 42.8 Å². The number of rotatable bonds is 6. The number of ether oxygens (including phenoxy) is 1. The molecule has 8 nitrogen and oxygen atoms in total. The van der Waals surface area contributed by atoms with Crippen LogP contribution in [0.1, 0.15) is 18.2 Å². The second-order valence-corrected chi connectivity index (χ2v) is 8.67. The molecule has 0 aliphatic carbocycles. The number of hydrogen-bond donors (Lipinski definition) is 1. The van der Waals surface area contributed by atoms with Gasteiger partial charge in [0.1, 0.15) is 5.69 Å². The number of carbonyl (C=O) groups is 1. The molecule has 1 N–H and O–H groups in total. The topological polar surface area (TPSA) is 83.7 Å². The van der Waals surface area contributed by atoms with Gasteiger partial charge in [-0.15, -0.1) is 13.2 Å². The number of carboxylic acid groups (broad SMARTS) is 1. The van der Waals surface area contributed by atoms with Crippen LogP contribution >= 0.6 is 0 Å². The lowest BCUT2D eigenvalue weighted by Gasteiger charge is -2.28. The SMILES string of the molecule is O=C(O)C(c1ccn(-c2ccccc2)n1)N1CCCN(c2c(OC(F)(F)F)ccc3cccnc23)CC1. The Labute approximate surface area is 210 Å². The summed E-state index contributed by atoms with van der Waals surface area (Å²) in [6, 6.07) is 16.4. The Morgan fingerprint density at radius 3 is 2.54 bits per heavy atom. The van der Waals surface area contributed by atoms with Gasteiger partial charge in [-0.1, -0.05) is 24.3 Å². The normalized spacial score (nSPS) is 15.9. The number of para-hydroxylation sites is 1. The van der Waals surface area contributed by atoms with E-state index in [1.54, 1.807) is 44.9 Å². The van der Waals surface area contributed by atoms with Crippen LogP contribution in [0.15, 0.2) is 73.1 Å². The summed E-state index contributed by atoms with van der Waals surface area (Å²) in [6.45, 7) is 1.42. The van der Waals surface area contributed by atoms with Crippen molar-refractivity contribution in [2.75, 3.05) is 31.1 Å². The highest BCUT2D eigenvalue weighted by molar-refractivity contribution is 5.94. The first-order valence-electron chi connectivity index (χ1n) is 11.8. The zero-order chi connectivity index (χ0) is 26.0. The van der Waals surface area contributed by atoms with E-state index >= 15 is 0 Å². The maximum Gasteiger partial charge on any atom is 0.573 e. The van der Waals surface area contributed by atoms with Gasteiger partial charge >= 0.3 is 12.3 Å². The molecule has 1 aliphatic rings. The van der Waals surface area contributed by atoms with E-state index < -0.39 is 18.4 Å². The van der Waals surface area contributed by atoms with Crippen LogP contribution in [0.25, 0.3) is 16.6 Å². The Balaban J connectivity index is 1.42. The third kappa shape index (κ3) is 5.36. The largest absolute Gasteiger partial charge is 0.573 e. The molecular formula is C26H24F3N5O3. The molecule has 1 unspecified atom stereocenters. The van der Waals surface area contributed by atoms with Crippen molar-refractivity contribution in [3.05, 3.63) is 78.8 Å². The molecule has 1 atom stereocenters. The van der Waals surface area contributed by atoms with Gasteiger partial charge in [0.2, 0.25) is 0 Å². The van der Waals surface area contributed by atoms with Crippen LogP contribution in [-0.4, -0.2) is 63.3 Å². The van der Waals surface area contributed by atoms with E-state index in [4.69, 9.17) is 0 Å². The number of pyridine rings is 1. The number of fused-ring (bicyclic) bond motifs is 1. The first-order chi connectivity index (χ1) is 17.8. The minimum Gasteiger partial charge on any atom is -0.480 e. The second-order valence-electron chi connectivity index (χ2n) is 8.67. The number of hydrogen-bond acceptors (Lipinski definition) is 6. The molecule has 1 saturated heterocycles. The molecule has 0 saturated carbocycles. The van der Waals surface area contributed by atoms with Gasteiger partial charge in [0.25, 0.3) is 0 Å². The van der Waals surface area contributed by atoms with Gasteiger partial charge in [0.15, 0.2) is 11.8 Å². The summed E-state index contributed by atoms with van der Waals surface area (Å²) in [5.74, 6) is -1.37. The second kappa shape index (κ2) is 10.1. The van der Waals surface area contributed by atoms with Crippen molar-refractivity contribution < 1.29 is 27.8 Å². The van der Waals surface area contributed by atoms with E-state index in [0.717, 1.165) is 5.69 Å². The summed E-state index contributed by atoms with van der Waals surface area (Å²) in [4.78, 5) is 20.2. The maximum absolute atomic E-state index is 13.2. The van der Waals surface area contributed by atoms with Crippen LogP contribution in [0.4, 0.5) is 18.9 Å². The molecule has 5 rings (SSSR count). The molecule has 1 fully saturated rings. The first kappa shape index (κ1) is 24.6. The van der Waals surface area contributed by atoms with Crippen molar-refractivity contribution in [3.8, 4) is 11.4 Å². The zero-order valence-electron chi connectivity index (χ0n) is 19.7. The number of aliphatic carboxylic acids is 1. The van der Waals surface area contributed by atoms with E-state index in [2.05, 4.69) is 14.8 Å². The van der Waals surface area contributed by atoms with E-state index in [-0.39, 0.29) is 18.0 Å². The molecule has 37 heavy (non-hydrogen) atoms. The fraction of sp³-hybridized carbons (Fsp3) is 0.269. The summed E-state index contributed by atoms with van der Waals surface area (Å²) in [7, 11) is 0. The summed E-state index contributed by atoms with van der Waals surface area (Å²) in [5.41, 5.74) is 1.84. The van der Waals surface area contributed by atoms with Crippen molar-refractivity contribution in [1.29, 1.82) is 0 Å². The Morgan fingerprint density at radius 1 is 0.973 bits per heavy atom. The number of halogens is 3. The van der Waals surface area contributed by atoms with E-state index in [9.17, 15) is 23.1 Å². The number of benzene rings is 2. The Hall–Kier alpha value is -4.12. The summed E-state index contributed by atoms with van der Waals surface area (Å²) in [6.07, 6.45) is -1.09. The number of nitrogens with zero attached hydrogens (tertiary/aromatic N) is 5. The van der Waals surface area contributed by atoms with E-state index in [0.29, 0.717) is 42.7 Å². The molecule has 2 aromatic carbocycles. The van der Waals surface area contributed by atoms with Crippen LogP contribution < -0.4 is 9.64 Å². The van der Waals surface area contributed by atoms with Gasteiger partial charge in [0, 0.05) is 44.0 Å². The molecule has 192 valence electrons. The standard InChI is InChI=1S/C26H24F3N5O3/c27-26(28,29)37-21-10-9-18-6-4-12-30-22(18)24(21)33-14-5-13-32(16-17-33)23(25(35)36)20-11-15-34(31-20)19-7-2-1-3-8-19/h1-4,6-12,15,23H,5,13-14,16-17H2,(H,35,36). The smallest absolute Gasteiger partial charge is 0.480 e. The molecular weight excluding hydrogens is 487 g/mol. The predicted octanol–water partition coefficient (Wildman–Crippen LogP) is 4.66. The molecule has 11 heteroatoms. The van der Waals surface area contributed by atoms with Crippen molar-refractivity contribution in [2.24, 2.45) is 0 Å². The lowest BCUT2D eigenvalue weighted by Crippen LogP contribution is -2.37. The molecule has 0 amide bonds. The first-order valence-corrected chi connectivity index (χ1v) is 11.8. The monoisotopic (exact) mass is 511 g/mol. The fourth-order valence-electron chi connectivity index (χ4n) is 4.72. The summed E-state index contributed by atoms with van der Waals surface area (Å²) >= 11 is 0. The van der Waals surface area contributed by atoms with Gasteiger partial charge in [0.05, 0.1) is 16.9 Å². The highest BCUT2D eigenvalue weighted by Crippen LogP contribution is 2.39. The van der Waals surface area contributed by atoms with Gasteiger partial charge in [-0.3, -0.25) is 14.7 Å². The van der Waals surface area contributed by atoms with Crippen LogP contribution in [-0.2, 0) is 4.79 Å². The average molecular weight is 512 g/mol. The Bertz CT molecular complexity index is 1390. The van der Waals surface area contributed by atoms with Crippen LogP contribution in [0, 0.1) is 0 Å². The van der Waals surface area contributed by atoms with Crippen LogP contribution in [0.2, 0.25) is 0 Å². The maximum atomic E-state index is 13.2. The number of anilines is 1. The van der Waals surface area contributed by atoms with Crippen molar-refractivity contribution >= 4 is 22.6 Å². The predicted molar refractivity (Wildman–Crippen MR) is 131 cm³/mol. The highest BCUT2D eigenvalue weighted by Gasteiger charge is 2.35. The minimum absolute atomic E-state index is 0.248. The Morgan fingerprint density at radius 2 is 1.78 bits per heavy atom. The number of aromatic nitrogens is 3. The quantitative estimate of drug-likeness (QED) is 0.403. The molecule has 3 heterocycles. The van der Waals surface area contributed by atoms with Crippen molar-refractivity contribution in [1.82, 2.24) is 19.7 Å². The van der Waals surface area contributed by atoms with E-state index in [1.807, 2.05) is 30.3 Å². The number of alkyl halides is 3. The summed E-state index contributed by atoms with van der Waals surface area (Å²) in [5, 5.41) is 15.3. The number of carboxylic acids is 1. The van der Waals surface area contributed by atoms with Gasteiger partial charge < -0.3 is 14.7 Å².